The first-order valence-corrected chi connectivity index (χ1v) is 10.8. The van der Waals surface area contributed by atoms with Gasteiger partial charge in [0.1, 0.15) is 0 Å². The lowest BCUT2D eigenvalue weighted by atomic mass is 10.0. The first-order chi connectivity index (χ1) is 14.7. The van der Waals surface area contributed by atoms with Crippen LogP contribution in [0.3, 0.4) is 0 Å². The molecule has 2 aliphatic rings. The fraction of sp³-hybridized carbons (Fsp3) is 0.320. The molecule has 1 saturated heterocycles. The van der Waals surface area contributed by atoms with E-state index in [1.165, 1.54) is 33.3 Å². The number of hydrogen-bond acceptors (Lipinski definition) is 2. The van der Waals surface area contributed by atoms with E-state index in [1.54, 1.807) is 0 Å². The number of aromatic nitrogens is 1. The van der Waals surface area contributed by atoms with Gasteiger partial charge in [-0.1, -0.05) is 42.0 Å². The Morgan fingerprint density at radius 3 is 2.73 bits per heavy atom. The normalized spacial score (nSPS) is 17.1. The number of carbonyl (C=O) groups is 1. The van der Waals surface area contributed by atoms with Crippen LogP contribution in [-0.4, -0.2) is 53.1 Å². The summed E-state index contributed by atoms with van der Waals surface area (Å²) >= 11 is 0. The van der Waals surface area contributed by atoms with E-state index in [2.05, 4.69) is 76.4 Å². The van der Waals surface area contributed by atoms with Gasteiger partial charge in [-0.05, 0) is 36.3 Å². The Balaban J connectivity index is 1.43. The lowest BCUT2D eigenvalue weighted by Crippen LogP contribution is -2.39. The monoisotopic (exact) mass is 400 g/mol. The van der Waals surface area contributed by atoms with Crippen LogP contribution in [-0.2, 0) is 13.0 Å². The van der Waals surface area contributed by atoms with Crippen molar-refractivity contribution in [2.45, 2.75) is 19.9 Å². The summed E-state index contributed by atoms with van der Waals surface area (Å²) in [5.74, 6) is 0. The topological polar surface area (TPSA) is 40.5 Å². The Bertz CT molecular complexity index is 1100. The standard InChI is InChI=1S/C25H28N4O/c1-19-7-8-23-21(17-19)22-18-27(15-16-28-14-11-26-25(28)30)12-10-24(22)29(23)13-9-20-5-3-2-4-6-20/h2-9,13,17H,10-12,14-16,18H2,1H3,(H,26,30). The van der Waals surface area contributed by atoms with E-state index >= 15 is 0 Å². The summed E-state index contributed by atoms with van der Waals surface area (Å²) in [6.07, 6.45) is 5.43. The van der Waals surface area contributed by atoms with Gasteiger partial charge in [-0.25, -0.2) is 4.79 Å². The molecule has 1 fully saturated rings. The molecule has 0 atom stereocenters. The molecule has 2 amide bonds. The number of fused-ring (bicyclic) bond motifs is 3. The fourth-order valence-electron chi connectivity index (χ4n) is 4.63. The third-order valence-electron chi connectivity index (χ3n) is 6.27. The molecule has 0 aliphatic carbocycles. The number of aryl methyl sites for hydroxylation is 1. The minimum absolute atomic E-state index is 0.0750. The molecule has 30 heavy (non-hydrogen) atoms. The summed E-state index contributed by atoms with van der Waals surface area (Å²) in [5.41, 5.74) is 6.63. The maximum Gasteiger partial charge on any atom is 0.317 e. The van der Waals surface area contributed by atoms with Crippen molar-refractivity contribution >= 4 is 29.2 Å². The zero-order valence-electron chi connectivity index (χ0n) is 17.5. The molecule has 3 aromatic rings. The number of urea groups is 1. The molecule has 3 heterocycles. The number of rotatable bonds is 5. The van der Waals surface area contributed by atoms with Crippen molar-refractivity contribution in [1.82, 2.24) is 19.7 Å². The predicted molar refractivity (Wildman–Crippen MR) is 122 cm³/mol. The molecule has 5 rings (SSSR count). The number of nitrogens with one attached hydrogen (secondary N) is 1. The predicted octanol–water partition coefficient (Wildman–Crippen LogP) is 3.96. The van der Waals surface area contributed by atoms with Crippen molar-refractivity contribution in [1.29, 1.82) is 0 Å². The van der Waals surface area contributed by atoms with Crippen molar-refractivity contribution in [2.24, 2.45) is 0 Å². The van der Waals surface area contributed by atoms with Gasteiger partial charge in [-0.15, -0.1) is 0 Å². The summed E-state index contributed by atoms with van der Waals surface area (Å²) in [4.78, 5) is 16.2. The van der Waals surface area contributed by atoms with Crippen LogP contribution in [0.1, 0.15) is 22.4 Å². The number of nitrogens with zero attached hydrogens (tertiary/aromatic N) is 3. The van der Waals surface area contributed by atoms with Crippen LogP contribution in [0.25, 0.3) is 23.2 Å². The second-order valence-corrected chi connectivity index (χ2v) is 8.29. The summed E-state index contributed by atoms with van der Waals surface area (Å²) in [5, 5.41) is 4.24. The lowest BCUT2D eigenvalue weighted by molar-refractivity contribution is 0.195. The van der Waals surface area contributed by atoms with Gasteiger partial charge in [-0.2, -0.15) is 0 Å². The highest BCUT2D eigenvalue weighted by molar-refractivity contribution is 5.89. The van der Waals surface area contributed by atoms with Crippen LogP contribution in [0.5, 0.6) is 0 Å². The van der Waals surface area contributed by atoms with Gasteiger partial charge in [-0.3, -0.25) is 4.90 Å². The average Bonchev–Trinajstić information content (AvgIpc) is 3.31. The molecule has 0 saturated carbocycles. The van der Waals surface area contributed by atoms with Gasteiger partial charge >= 0.3 is 6.03 Å². The Kier molecular flexibility index (Phi) is 5.05. The van der Waals surface area contributed by atoms with Gasteiger partial charge in [0.05, 0.1) is 5.52 Å². The molecule has 2 aliphatic heterocycles. The molecule has 2 aromatic carbocycles. The van der Waals surface area contributed by atoms with Crippen LogP contribution < -0.4 is 5.32 Å². The Hall–Kier alpha value is -3.05. The molecule has 0 radical (unpaired) electrons. The number of carbonyl (C=O) groups excluding carboxylic acids is 1. The fourth-order valence-corrected chi connectivity index (χ4v) is 4.63. The third-order valence-corrected chi connectivity index (χ3v) is 6.27. The van der Waals surface area contributed by atoms with Gasteiger partial charge in [0.15, 0.2) is 0 Å². The van der Waals surface area contributed by atoms with E-state index < -0.39 is 0 Å². The van der Waals surface area contributed by atoms with Crippen LogP contribution in [0.2, 0.25) is 0 Å². The second-order valence-electron chi connectivity index (χ2n) is 8.29. The summed E-state index contributed by atoms with van der Waals surface area (Å²) in [7, 11) is 0. The van der Waals surface area contributed by atoms with Crippen LogP contribution >= 0.6 is 0 Å². The molecular weight excluding hydrogens is 372 g/mol. The van der Waals surface area contributed by atoms with Crippen molar-refractivity contribution < 1.29 is 4.79 Å². The zero-order valence-corrected chi connectivity index (χ0v) is 17.5. The SMILES string of the molecule is Cc1ccc2c(c1)c1c(n2C=Cc2ccccc2)CCN(CCN2CCNC2=O)C1. The highest BCUT2D eigenvalue weighted by atomic mass is 16.2. The smallest absolute Gasteiger partial charge is 0.317 e. The summed E-state index contributed by atoms with van der Waals surface area (Å²) < 4.78 is 2.38. The summed E-state index contributed by atoms with van der Waals surface area (Å²) in [6.45, 7) is 7.44. The molecule has 1 aromatic heterocycles. The number of hydrogen-bond donors (Lipinski definition) is 1. The average molecular weight is 401 g/mol. The first-order valence-electron chi connectivity index (χ1n) is 10.8. The second kappa shape index (κ2) is 8.00. The Morgan fingerprint density at radius 1 is 1.07 bits per heavy atom. The molecule has 154 valence electrons. The minimum Gasteiger partial charge on any atom is -0.336 e. The van der Waals surface area contributed by atoms with Crippen LogP contribution in [0.4, 0.5) is 4.79 Å². The zero-order chi connectivity index (χ0) is 20.5. The van der Waals surface area contributed by atoms with Crippen molar-refractivity contribution in [3.63, 3.8) is 0 Å². The molecule has 0 unspecified atom stereocenters. The minimum atomic E-state index is 0.0750. The van der Waals surface area contributed by atoms with Gasteiger partial charge in [0.25, 0.3) is 0 Å². The molecule has 0 bridgehead atoms. The quantitative estimate of drug-likeness (QED) is 0.704. The summed E-state index contributed by atoms with van der Waals surface area (Å²) in [6, 6.07) is 17.3. The van der Waals surface area contributed by atoms with Gasteiger partial charge in [0.2, 0.25) is 0 Å². The van der Waals surface area contributed by atoms with E-state index in [0.29, 0.717) is 0 Å². The highest BCUT2D eigenvalue weighted by Gasteiger charge is 2.25. The third kappa shape index (κ3) is 3.61. The van der Waals surface area contributed by atoms with Crippen LogP contribution in [0, 0.1) is 6.92 Å². The van der Waals surface area contributed by atoms with E-state index in [4.69, 9.17) is 0 Å². The number of amides is 2. The van der Waals surface area contributed by atoms with Crippen molar-refractivity contribution in [3.8, 4) is 0 Å². The van der Waals surface area contributed by atoms with Gasteiger partial charge in [0, 0.05) is 63.0 Å². The van der Waals surface area contributed by atoms with Crippen molar-refractivity contribution in [3.05, 3.63) is 70.9 Å². The first kappa shape index (κ1) is 18.9. The van der Waals surface area contributed by atoms with E-state index in [-0.39, 0.29) is 6.03 Å². The van der Waals surface area contributed by atoms with Crippen molar-refractivity contribution in [2.75, 3.05) is 32.7 Å². The largest absolute Gasteiger partial charge is 0.336 e. The molecular formula is C25H28N4O. The van der Waals surface area contributed by atoms with Crippen LogP contribution in [0.15, 0.2) is 48.5 Å². The van der Waals surface area contributed by atoms with E-state index in [0.717, 1.165) is 45.7 Å². The molecule has 0 spiro atoms. The van der Waals surface area contributed by atoms with E-state index in [1.807, 2.05) is 11.0 Å². The van der Waals surface area contributed by atoms with Gasteiger partial charge < -0.3 is 14.8 Å². The highest BCUT2D eigenvalue weighted by Crippen LogP contribution is 2.32. The maximum absolute atomic E-state index is 11.8. The van der Waals surface area contributed by atoms with E-state index in [9.17, 15) is 4.79 Å². The molecule has 5 heteroatoms. The Labute approximate surface area is 177 Å². The number of benzene rings is 2. The molecule has 5 nitrogen and oxygen atoms in total. The lowest BCUT2D eigenvalue weighted by Gasteiger charge is -2.29. The maximum atomic E-state index is 11.8. The molecule has 1 N–H and O–H groups in total. The Morgan fingerprint density at radius 2 is 1.93 bits per heavy atom.